The molecule has 6 heteroatoms. The van der Waals surface area contributed by atoms with Gasteiger partial charge in [0.2, 0.25) is 0 Å². The molecule has 96 valence electrons. The molecule has 2 N–H and O–H groups in total. The van der Waals surface area contributed by atoms with E-state index in [-0.39, 0.29) is 23.7 Å². The van der Waals surface area contributed by atoms with Crippen LogP contribution in [0.5, 0.6) is 0 Å². The molecular weight excluding hydrogens is 254 g/mol. The van der Waals surface area contributed by atoms with E-state index >= 15 is 0 Å². The van der Waals surface area contributed by atoms with Crippen molar-refractivity contribution in [2.75, 3.05) is 0 Å². The van der Waals surface area contributed by atoms with Crippen molar-refractivity contribution < 1.29 is 19.5 Å². The first-order valence-corrected chi connectivity index (χ1v) is 6.48. The summed E-state index contributed by atoms with van der Waals surface area (Å²) in [6, 6.07) is 1.50. The van der Waals surface area contributed by atoms with Crippen LogP contribution < -0.4 is 5.32 Å². The first kappa shape index (κ1) is 12.8. The van der Waals surface area contributed by atoms with E-state index in [4.69, 9.17) is 5.11 Å². The molecule has 1 heterocycles. The van der Waals surface area contributed by atoms with Gasteiger partial charge in [-0.2, -0.15) is 0 Å². The number of hydrogen-bond acceptors (Lipinski definition) is 4. The molecule has 0 aliphatic heterocycles. The highest BCUT2D eigenvalue weighted by Crippen LogP contribution is 2.28. The average molecular weight is 267 g/mol. The molecule has 0 bridgehead atoms. The van der Waals surface area contributed by atoms with Crippen molar-refractivity contribution in [2.24, 2.45) is 5.92 Å². The van der Waals surface area contributed by atoms with Crippen LogP contribution in [0, 0.1) is 5.92 Å². The lowest BCUT2D eigenvalue weighted by Crippen LogP contribution is -2.46. The predicted octanol–water partition coefficient (Wildman–Crippen LogP) is 1.54. The van der Waals surface area contributed by atoms with Crippen LogP contribution in [-0.2, 0) is 4.79 Å². The Balaban J connectivity index is 1.89. The highest BCUT2D eigenvalue weighted by atomic mass is 32.1. The molecule has 18 heavy (non-hydrogen) atoms. The summed E-state index contributed by atoms with van der Waals surface area (Å²) >= 11 is 1.22. The van der Waals surface area contributed by atoms with E-state index in [0.29, 0.717) is 23.3 Å². The van der Waals surface area contributed by atoms with E-state index in [1.54, 1.807) is 11.4 Å². The third-order valence-corrected chi connectivity index (χ3v) is 3.98. The summed E-state index contributed by atoms with van der Waals surface area (Å²) in [6.45, 7) is 1.45. The van der Waals surface area contributed by atoms with Crippen LogP contribution in [-0.4, -0.2) is 28.8 Å². The van der Waals surface area contributed by atoms with Gasteiger partial charge < -0.3 is 10.4 Å². The summed E-state index contributed by atoms with van der Waals surface area (Å²) in [4.78, 5) is 34.0. The molecule has 1 fully saturated rings. The molecule has 1 aromatic rings. The van der Waals surface area contributed by atoms with E-state index in [2.05, 4.69) is 5.32 Å². The zero-order valence-corrected chi connectivity index (χ0v) is 10.6. The van der Waals surface area contributed by atoms with Crippen LogP contribution >= 0.6 is 11.3 Å². The van der Waals surface area contributed by atoms with Crippen LogP contribution in [0.1, 0.15) is 39.8 Å². The third kappa shape index (κ3) is 2.59. The summed E-state index contributed by atoms with van der Waals surface area (Å²) < 4.78 is 0. The van der Waals surface area contributed by atoms with Crippen molar-refractivity contribution in [3.8, 4) is 0 Å². The number of ketones is 1. The summed E-state index contributed by atoms with van der Waals surface area (Å²) in [5.74, 6) is -1.46. The Hall–Kier alpha value is -1.69. The molecule has 5 nitrogen and oxygen atoms in total. The maximum absolute atomic E-state index is 11.8. The number of amides is 1. The van der Waals surface area contributed by atoms with Crippen LogP contribution in [0.15, 0.2) is 11.4 Å². The van der Waals surface area contributed by atoms with E-state index in [1.807, 2.05) is 0 Å². The van der Waals surface area contributed by atoms with Gasteiger partial charge >= 0.3 is 5.97 Å². The first-order chi connectivity index (χ1) is 8.47. The fraction of sp³-hybridized carbons (Fsp3) is 0.417. The number of nitrogens with one attached hydrogen (secondary N) is 1. The first-order valence-electron chi connectivity index (χ1n) is 5.60. The van der Waals surface area contributed by atoms with Crippen molar-refractivity contribution in [2.45, 2.75) is 25.8 Å². The fourth-order valence-corrected chi connectivity index (χ4v) is 2.68. The van der Waals surface area contributed by atoms with E-state index in [0.717, 1.165) is 0 Å². The average Bonchev–Trinajstić information content (AvgIpc) is 2.70. The Morgan fingerprint density at radius 2 is 2.06 bits per heavy atom. The molecule has 2 rings (SSSR count). The van der Waals surface area contributed by atoms with Gasteiger partial charge in [-0.15, -0.1) is 11.3 Å². The SMILES string of the molecule is CC(=O)c1csc(C(=O)NC2CC(C(=O)O)C2)c1. The number of carboxylic acid groups (broad SMARTS) is 1. The maximum atomic E-state index is 11.8. The Bertz CT molecular complexity index is 502. The standard InChI is InChI=1S/C12H13NO4S/c1-6(14)8-4-10(18-5-8)11(15)13-9-2-7(3-9)12(16)17/h4-5,7,9H,2-3H2,1H3,(H,13,15)(H,16,17). The van der Waals surface area contributed by atoms with E-state index in [9.17, 15) is 14.4 Å². The van der Waals surface area contributed by atoms with Crippen molar-refractivity contribution in [1.82, 2.24) is 5.32 Å². The number of carboxylic acids is 1. The minimum Gasteiger partial charge on any atom is -0.481 e. The van der Waals surface area contributed by atoms with Gasteiger partial charge in [-0.25, -0.2) is 0 Å². The summed E-state index contributed by atoms with van der Waals surface area (Å²) in [7, 11) is 0. The second-order valence-corrected chi connectivity index (χ2v) is 5.34. The van der Waals surface area contributed by atoms with Crippen molar-refractivity contribution in [1.29, 1.82) is 0 Å². The second-order valence-electron chi connectivity index (χ2n) is 4.43. The number of Topliss-reactive ketones (excluding diaryl/α,β-unsaturated/α-hetero) is 1. The summed E-state index contributed by atoms with van der Waals surface area (Å²) in [6.07, 6.45) is 0.956. The number of carbonyl (C=O) groups excluding carboxylic acids is 2. The van der Waals surface area contributed by atoms with Gasteiger partial charge in [0.15, 0.2) is 5.78 Å². The molecular formula is C12H13NO4S. The molecule has 1 saturated carbocycles. The minimum absolute atomic E-state index is 0.0681. The number of rotatable bonds is 4. The quantitative estimate of drug-likeness (QED) is 0.811. The largest absolute Gasteiger partial charge is 0.481 e. The molecule has 0 radical (unpaired) electrons. The Morgan fingerprint density at radius 1 is 1.39 bits per heavy atom. The Labute approximate surface area is 108 Å². The zero-order valence-electron chi connectivity index (χ0n) is 9.80. The molecule has 0 spiro atoms. The number of aliphatic carboxylic acids is 1. The number of thiophene rings is 1. The molecule has 0 saturated heterocycles. The second kappa shape index (κ2) is 4.89. The van der Waals surface area contributed by atoms with Gasteiger partial charge in [0.1, 0.15) is 0 Å². The molecule has 0 atom stereocenters. The van der Waals surface area contributed by atoms with Crippen molar-refractivity contribution in [3.05, 3.63) is 21.9 Å². The molecule has 1 aromatic heterocycles. The fourth-order valence-electron chi connectivity index (χ4n) is 1.83. The van der Waals surface area contributed by atoms with Crippen LogP contribution in [0.4, 0.5) is 0 Å². The summed E-state index contributed by atoms with van der Waals surface area (Å²) in [5, 5.41) is 13.1. The highest BCUT2D eigenvalue weighted by molar-refractivity contribution is 7.12. The number of hydrogen-bond donors (Lipinski definition) is 2. The highest BCUT2D eigenvalue weighted by Gasteiger charge is 2.35. The van der Waals surface area contributed by atoms with Gasteiger partial charge in [0, 0.05) is 17.0 Å². The van der Waals surface area contributed by atoms with Gasteiger partial charge in [0.25, 0.3) is 5.91 Å². The van der Waals surface area contributed by atoms with Crippen LogP contribution in [0.3, 0.4) is 0 Å². The van der Waals surface area contributed by atoms with Gasteiger partial charge in [-0.3, -0.25) is 14.4 Å². The minimum atomic E-state index is -0.810. The molecule has 1 amide bonds. The Morgan fingerprint density at radius 3 is 2.56 bits per heavy atom. The normalized spacial score (nSPS) is 22.1. The maximum Gasteiger partial charge on any atom is 0.306 e. The zero-order chi connectivity index (χ0) is 13.3. The van der Waals surface area contributed by atoms with Crippen LogP contribution in [0.2, 0.25) is 0 Å². The third-order valence-electron chi connectivity index (χ3n) is 3.05. The Kier molecular flexibility index (Phi) is 3.47. The lowest BCUT2D eigenvalue weighted by Gasteiger charge is -2.32. The van der Waals surface area contributed by atoms with Gasteiger partial charge in [-0.1, -0.05) is 0 Å². The van der Waals surface area contributed by atoms with Crippen LogP contribution in [0.25, 0.3) is 0 Å². The predicted molar refractivity (Wildman–Crippen MR) is 65.9 cm³/mol. The topological polar surface area (TPSA) is 83.5 Å². The lowest BCUT2D eigenvalue weighted by atomic mass is 9.80. The van der Waals surface area contributed by atoms with Gasteiger partial charge in [0.05, 0.1) is 10.8 Å². The summed E-state index contributed by atoms with van der Waals surface area (Å²) in [5.41, 5.74) is 0.530. The lowest BCUT2D eigenvalue weighted by molar-refractivity contribution is -0.145. The smallest absolute Gasteiger partial charge is 0.306 e. The van der Waals surface area contributed by atoms with E-state index < -0.39 is 5.97 Å². The van der Waals surface area contributed by atoms with Crippen molar-refractivity contribution >= 4 is 29.0 Å². The van der Waals surface area contributed by atoms with E-state index in [1.165, 1.54) is 18.3 Å². The molecule has 0 aromatic carbocycles. The molecule has 0 unspecified atom stereocenters. The van der Waals surface area contributed by atoms with Crippen molar-refractivity contribution in [3.63, 3.8) is 0 Å². The van der Waals surface area contributed by atoms with Gasteiger partial charge in [-0.05, 0) is 25.8 Å². The number of carbonyl (C=O) groups is 3. The monoisotopic (exact) mass is 267 g/mol. The molecule has 1 aliphatic carbocycles. The molecule has 1 aliphatic rings.